The van der Waals surface area contributed by atoms with Crippen LogP contribution in [0, 0.1) is 15.4 Å². The zero-order chi connectivity index (χ0) is 17.4. The summed E-state index contributed by atoms with van der Waals surface area (Å²) in [7, 11) is 2.03. The summed E-state index contributed by atoms with van der Waals surface area (Å²) in [6.07, 6.45) is 5.99. The standard InChI is InChI=1S/C18H21ClIN3O/c1-11-5-4-6-15-16(11)18(24)23(14-9-7-13(20)8-10-14)17(22(15)3)12(2)21-19/h4-12,16-17,21H,1-3H3/t11?,12-,16?,17?/m1/s1. The lowest BCUT2D eigenvalue weighted by molar-refractivity contribution is -0.126. The first-order valence-corrected chi connectivity index (χ1v) is 9.47. The van der Waals surface area contributed by atoms with Crippen LogP contribution in [0.15, 0.2) is 48.2 Å². The third-order valence-electron chi connectivity index (χ3n) is 4.82. The number of benzene rings is 1. The third-order valence-corrected chi connectivity index (χ3v) is 5.89. The maximum Gasteiger partial charge on any atom is 0.238 e. The second-order valence-electron chi connectivity index (χ2n) is 6.42. The maximum absolute atomic E-state index is 13.4. The third kappa shape index (κ3) is 2.97. The largest absolute Gasteiger partial charge is 0.355 e. The van der Waals surface area contributed by atoms with Crippen molar-refractivity contribution in [2.45, 2.75) is 26.1 Å². The number of nitrogens with one attached hydrogen (secondary N) is 1. The molecule has 1 aliphatic carbocycles. The van der Waals surface area contributed by atoms with Gasteiger partial charge < -0.3 is 4.90 Å². The van der Waals surface area contributed by atoms with Crippen molar-refractivity contribution >= 4 is 46.0 Å². The van der Waals surface area contributed by atoms with Crippen molar-refractivity contribution in [3.63, 3.8) is 0 Å². The van der Waals surface area contributed by atoms with Crippen LogP contribution in [-0.2, 0) is 4.79 Å². The summed E-state index contributed by atoms with van der Waals surface area (Å²) in [5.74, 6) is 0.144. The molecule has 0 spiro atoms. The van der Waals surface area contributed by atoms with E-state index in [9.17, 15) is 4.79 Å². The van der Waals surface area contributed by atoms with Crippen molar-refractivity contribution in [1.29, 1.82) is 0 Å². The van der Waals surface area contributed by atoms with Crippen LogP contribution < -0.4 is 9.74 Å². The Morgan fingerprint density at radius 1 is 1.29 bits per heavy atom. The molecule has 128 valence electrons. The molecule has 1 aromatic rings. The van der Waals surface area contributed by atoms with Crippen LogP contribution in [0.4, 0.5) is 5.69 Å². The number of hydrogen-bond donors (Lipinski definition) is 1. The van der Waals surface area contributed by atoms with E-state index in [0.29, 0.717) is 0 Å². The SMILES string of the molecule is CC1C=CC=C2C1C(=O)N(c1ccc(I)cc1)C([C@@H](C)NCl)N2C. The van der Waals surface area contributed by atoms with Crippen LogP contribution in [0.5, 0.6) is 0 Å². The fourth-order valence-electron chi connectivity index (χ4n) is 3.61. The number of nitrogens with zero attached hydrogens (tertiary/aromatic N) is 2. The van der Waals surface area contributed by atoms with Gasteiger partial charge in [0.2, 0.25) is 5.91 Å². The van der Waals surface area contributed by atoms with Crippen molar-refractivity contribution in [2.75, 3.05) is 11.9 Å². The number of halogens is 2. The summed E-state index contributed by atoms with van der Waals surface area (Å²) in [6, 6.07) is 7.95. The van der Waals surface area contributed by atoms with E-state index in [1.807, 2.05) is 55.3 Å². The molecular weight excluding hydrogens is 437 g/mol. The minimum absolute atomic E-state index is 0.0945. The molecule has 3 unspecified atom stereocenters. The van der Waals surface area contributed by atoms with Crippen LogP contribution in [0.25, 0.3) is 0 Å². The van der Waals surface area contributed by atoms with E-state index in [-0.39, 0.29) is 30.0 Å². The Hall–Kier alpha value is -1.05. The Bertz CT molecular complexity index is 688. The number of rotatable bonds is 3. The van der Waals surface area contributed by atoms with Crippen molar-refractivity contribution in [2.24, 2.45) is 11.8 Å². The molecule has 6 heteroatoms. The van der Waals surface area contributed by atoms with E-state index in [0.717, 1.165) is 15.0 Å². The average molecular weight is 458 g/mol. The van der Waals surface area contributed by atoms with Gasteiger partial charge in [0.1, 0.15) is 6.17 Å². The highest BCUT2D eigenvalue weighted by molar-refractivity contribution is 14.1. The van der Waals surface area contributed by atoms with Gasteiger partial charge >= 0.3 is 0 Å². The minimum Gasteiger partial charge on any atom is -0.355 e. The van der Waals surface area contributed by atoms with Gasteiger partial charge in [0, 0.05) is 22.0 Å². The highest BCUT2D eigenvalue weighted by Crippen LogP contribution is 2.39. The number of amides is 1. The van der Waals surface area contributed by atoms with Crippen LogP contribution in [0.3, 0.4) is 0 Å². The van der Waals surface area contributed by atoms with Gasteiger partial charge in [0.05, 0.1) is 12.0 Å². The van der Waals surface area contributed by atoms with Crippen molar-refractivity contribution in [3.8, 4) is 0 Å². The summed E-state index contributed by atoms with van der Waals surface area (Å²) in [5, 5.41) is 0. The molecular formula is C18H21ClIN3O. The Morgan fingerprint density at radius 3 is 2.58 bits per heavy atom. The molecule has 1 amide bonds. The molecule has 4 atom stereocenters. The summed E-state index contributed by atoms with van der Waals surface area (Å²) < 4.78 is 1.14. The molecule has 0 saturated carbocycles. The van der Waals surface area contributed by atoms with E-state index in [4.69, 9.17) is 11.8 Å². The van der Waals surface area contributed by atoms with Gasteiger partial charge in [-0.05, 0) is 77.6 Å². The summed E-state index contributed by atoms with van der Waals surface area (Å²) in [5.41, 5.74) is 1.96. The van der Waals surface area contributed by atoms with E-state index in [2.05, 4.69) is 45.3 Å². The first kappa shape index (κ1) is 17.8. The topological polar surface area (TPSA) is 35.6 Å². The minimum atomic E-state index is -0.184. The molecule has 3 rings (SSSR count). The van der Waals surface area contributed by atoms with Gasteiger partial charge in [0.25, 0.3) is 0 Å². The molecule has 0 radical (unpaired) electrons. The Kier molecular flexibility index (Phi) is 5.22. The van der Waals surface area contributed by atoms with Gasteiger partial charge in [-0.2, -0.15) is 0 Å². The number of hydrogen-bond acceptors (Lipinski definition) is 3. The molecule has 0 bridgehead atoms. The smallest absolute Gasteiger partial charge is 0.238 e. The molecule has 1 aliphatic heterocycles. The van der Waals surface area contributed by atoms with Crippen molar-refractivity contribution in [1.82, 2.24) is 9.74 Å². The molecule has 4 nitrogen and oxygen atoms in total. The fraction of sp³-hybridized carbons (Fsp3) is 0.389. The molecule has 2 aliphatic rings. The molecule has 24 heavy (non-hydrogen) atoms. The van der Waals surface area contributed by atoms with Gasteiger partial charge in [-0.3, -0.25) is 9.69 Å². The number of carbonyl (C=O) groups is 1. The predicted octanol–water partition coefficient (Wildman–Crippen LogP) is 3.73. The lowest BCUT2D eigenvalue weighted by Gasteiger charge is -2.51. The highest BCUT2D eigenvalue weighted by atomic mass is 127. The normalized spacial score (nSPS) is 27.8. The molecule has 1 aromatic carbocycles. The first-order valence-electron chi connectivity index (χ1n) is 8.01. The fourth-order valence-corrected chi connectivity index (χ4v) is 4.08. The van der Waals surface area contributed by atoms with E-state index in [1.54, 1.807) is 0 Å². The molecule has 1 fully saturated rings. The van der Waals surface area contributed by atoms with Crippen LogP contribution in [-0.4, -0.2) is 30.1 Å². The number of likely N-dealkylation sites (N-methyl/N-ethyl adjacent to an activating group) is 1. The van der Waals surface area contributed by atoms with Crippen LogP contribution in [0.2, 0.25) is 0 Å². The van der Waals surface area contributed by atoms with Crippen molar-refractivity contribution < 1.29 is 4.79 Å². The van der Waals surface area contributed by atoms with Gasteiger partial charge in [-0.15, -0.1) is 0 Å². The monoisotopic (exact) mass is 457 g/mol. The zero-order valence-corrected chi connectivity index (χ0v) is 16.8. The Morgan fingerprint density at radius 2 is 1.96 bits per heavy atom. The van der Waals surface area contributed by atoms with E-state index in [1.165, 1.54) is 0 Å². The molecule has 1 heterocycles. The van der Waals surface area contributed by atoms with Gasteiger partial charge in [-0.1, -0.05) is 19.1 Å². The molecule has 1 saturated heterocycles. The second kappa shape index (κ2) is 7.06. The lowest BCUT2D eigenvalue weighted by Crippen LogP contribution is -2.64. The number of fused-ring (bicyclic) bond motifs is 1. The number of allylic oxidation sites excluding steroid dienone is 3. The first-order chi connectivity index (χ1) is 11.5. The zero-order valence-electron chi connectivity index (χ0n) is 13.9. The predicted molar refractivity (Wildman–Crippen MR) is 107 cm³/mol. The quantitative estimate of drug-likeness (QED) is 0.555. The lowest BCUT2D eigenvalue weighted by atomic mass is 9.82. The van der Waals surface area contributed by atoms with Gasteiger partial charge in [0.15, 0.2) is 0 Å². The van der Waals surface area contributed by atoms with Crippen molar-refractivity contribution in [3.05, 3.63) is 51.8 Å². The van der Waals surface area contributed by atoms with E-state index >= 15 is 0 Å². The average Bonchev–Trinajstić information content (AvgIpc) is 2.58. The Labute approximate surface area is 161 Å². The van der Waals surface area contributed by atoms with Crippen LogP contribution >= 0.6 is 34.4 Å². The number of carbonyl (C=O) groups excluding carboxylic acids is 1. The van der Waals surface area contributed by atoms with Crippen LogP contribution in [0.1, 0.15) is 13.8 Å². The summed E-state index contributed by atoms with van der Waals surface area (Å²) >= 11 is 8.20. The van der Waals surface area contributed by atoms with E-state index < -0.39 is 0 Å². The summed E-state index contributed by atoms with van der Waals surface area (Å²) in [6.45, 7) is 4.08. The second-order valence-corrected chi connectivity index (χ2v) is 7.88. The Balaban J connectivity index is 2.09. The maximum atomic E-state index is 13.4. The molecule has 0 aromatic heterocycles. The number of anilines is 1. The highest BCUT2D eigenvalue weighted by Gasteiger charge is 2.46. The van der Waals surface area contributed by atoms with Gasteiger partial charge in [-0.25, -0.2) is 4.84 Å². The molecule has 1 N–H and O–H groups in total. The summed E-state index contributed by atoms with van der Waals surface area (Å²) in [4.78, 5) is 20.2.